The quantitative estimate of drug-likeness (QED) is 0.881. The number of hydrogen-bond acceptors (Lipinski definition) is 3. The summed E-state index contributed by atoms with van der Waals surface area (Å²) in [4.78, 5) is 0. The molecule has 0 saturated heterocycles. The van der Waals surface area contributed by atoms with Crippen LogP contribution in [0.4, 0.5) is 20.2 Å². The second-order valence-corrected chi connectivity index (χ2v) is 4.75. The van der Waals surface area contributed by atoms with Gasteiger partial charge in [0.2, 0.25) is 0 Å². The summed E-state index contributed by atoms with van der Waals surface area (Å²) < 4.78 is 29.1. The highest BCUT2D eigenvalue weighted by molar-refractivity contribution is 9.10. The molecule has 0 saturated carbocycles. The molecule has 0 unspecified atom stereocenters. The van der Waals surface area contributed by atoms with Crippen LogP contribution >= 0.6 is 15.9 Å². The number of nitrogens with zero attached hydrogens (tertiary/aromatic N) is 1. The van der Waals surface area contributed by atoms with Crippen molar-refractivity contribution in [2.45, 2.75) is 6.61 Å². The van der Waals surface area contributed by atoms with Crippen molar-refractivity contribution in [2.75, 3.05) is 5.32 Å². The minimum Gasteiger partial charge on any atom is -0.435 e. The molecular formula is C14H9BrF2N2O. The lowest BCUT2D eigenvalue weighted by molar-refractivity contribution is -0.0498. The van der Waals surface area contributed by atoms with E-state index in [4.69, 9.17) is 5.26 Å². The second-order valence-electron chi connectivity index (χ2n) is 3.83. The van der Waals surface area contributed by atoms with Gasteiger partial charge in [-0.3, -0.25) is 0 Å². The summed E-state index contributed by atoms with van der Waals surface area (Å²) in [7, 11) is 0. The van der Waals surface area contributed by atoms with Gasteiger partial charge in [0.1, 0.15) is 11.8 Å². The van der Waals surface area contributed by atoms with Crippen LogP contribution in [0.1, 0.15) is 5.56 Å². The molecule has 0 radical (unpaired) electrons. The van der Waals surface area contributed by atoms with E-state index < -0.39 is 6.61 Å². The van der Waals surface area contributed by atoms with Crippen molar-refractivity contribution in [3.05, 3.63) is 52.5 Å². The fourth-order valence-electron chi connectivity index (χ4n) is 1.59. The Balaban J connectivity index is 2.16. The van der Waals surface area contributed by atoms with Crippen molar-refractivity contribution in [3.63, 3.8) is 0 Å². The minimum absolute atomic E-state index is 0.0851. The molecule has 0 atom stereocenters. The highest BCUT2D eigenvalue weighted by Crippen LogP contribution is 2.25. The van der Waals surface area contributed by atoms with Gasteiger partial charge in [-0.25, -0.2) is 0 Å². The van der Waals surface area contributed by atoms with E-state index in [0.717, 1.165) is 4.47 Å². The maximum absolute atomic E-state index is 12.0. The van der Waals surface area contributed by atoms with Crippen LogP contribution in [0.25, 0.3) is 0 Å². The van der Waals surface area contributed by atoms with E-state index in [9.17, 15) is 8.78 Å². The van der Waals surface area contributed by atoms with E-state index in [0.29, 0.717) is 16.9 Å². The maximum atomic E-state index is 12.0. The summed E-state index contributed by atoms with van der Waals surface area (Å²) in [5.74, 6) is 0.0851. The van der Waals surface area contributed by atoms with E-state index in [-0.39, 0.29) is 5.75 Å². The van der Waals surface area contributed by atoms with Crippen LogP contribution in [0, 0.1) is 11.3 Å². The molecule has 2 aromatic rings. The number of anilines is 2. The van der Waals surface area contributed by atoms with E-state index in [1.807, 2.05) is 0 Å². The molecule has 2 aromatic carbocycles. The lowest BCUT2D eigenvalue weighted by Gasteiger charge is -2.10. The number of ether oxygens (including phenoxy) is 1. The lowest BCUT2D eigenvalue weighted by atomic mass is 10.2. The Labute approximate surface area is 122 Å². The van der Waals surface area contributed by atoms with Gasteiger partial charge in [-0.2, -0.15) is 14.0 Å². The van der Waals surface area contributed by atoms with Crippen LogP contribution in [0.15, 0.2) is 46.9 Å². The Hall–Kier alpha value is -2.13. The molecule has 0 aliphatic heterocycles. The first-order chi connectivity index (χ1) is 9.58. The Morgan fingerprint density at radius 2 is 1.85 bits per heavy atom. The van der Waals surface area contributed by atoms with Crippen LogP contribution < -0.4 is 10.1 Å². The average Bonchev–Trinajstić information content (AvgIpc) is 2.42. The second kappa shape index (κ2) is 6.35. The highest BCUT2D eigenvalue weighted by atomic mass is 79.9. The van der Waals surface area contributed by atoms with Gasteiger partial charge in [0.15, 0.2) is 0 Å². The third-order valence-corrected chi connectivity index (χ3v) is 2.95. The van der Waals surface area contributed by atoms with Crippen molar-refractivity contribution in [1.82, 2.24) is 0 Å². The zero-order valence-corrected chi connectivity index (χ0v) is 11.7. The van der Waals surface area contributed by atoms with E-state index >= 15 is 0 Å². The zero-order chi connectivity index (χ0) is 14.5. The van der Waals surface area contributed by atoms with Gasteiger partial charge < -0.3 is 10.1 Å². The first kappa shape index (κ1) is 14.3. The van der Waals surface area contributed by atoms with Gasteiger partial charge in [0, 0.05) is 10.2 Å². The van der Waals surface area contributed by atoms with Gasteiger partial charge in [0.25, 0.3) is 0 Å². The van der Waals surface area contributed by atoms with Gasteiger partial charge in [-0.1, -0.05) is 15.9 Å². The summed E-state index contributed by atoms with van der Waals surface area (Å²) >= 11 is 3.29. The fraction of sp³-hybridized carbons (Fsp3) is 0.0714. The molecule has 2 rings (SSSR count). The van der Waals surface area contributed by atoms with Crippen molar-refractivity contribution in [1.29, 1.82) is 5.26 Å². The summed E-state index contributed by atoms with van der Waals surface area (Å²) in [6.45, 7) is -2.84. The molecule has 0 aliphatic carbocycles. The normalized spacial score (nSPS) is 10.2. The Bertz CT molecular complexity index is 639. The van der Waals surface area contributed by atoms with E-state index in [1.165, 1.54) is 12.1 Å². The van der Waals surface area contributed by atoms with Crippen molar-refractivity contribution in [2.24, 2.45) is 0 Å². The Morgan fingerprint density at radius 3 is 2.45 bits per heavy atom. The van der Waals surface area contributed by atoms with Gasteiger partial charge >= 0.3 is 6.61 Å². The van der Waals surface area contributed by atoms with Crippen molar-refractivity contribution < 1.29 is 13.5 Å². The molecule has 102 valence electrons. The molecule has 0 spiro atoms. The van der Waals surface area contributed by atoms with Gasteiger partial charge in [0.05, 0.1) is 11.3 Å². The monoisotopic (exact) mass is 338 g/mol. The molecule has 3 nitrogen and oxygen atoms in total. The molecule has 0 aliphatic rings. The largest absolute Gasteiger partial charge is 0.435 e. The Kier molecular flexibility index (Phi) is 4.53. The molecule has 0 amide bonds. The van der Waals surface area contributed by atoms with E-state index in [2.05, 4.69) is 32.1 Å². The maximum Gasteiger partial charge on any atom is 0.387 e. The first-order valence-electron chi connectivity index (χ1n) is 5.60. The molecule has 6 heteroatoms. The summed E-state index contributed by atoms with van der Waals surface area (Å²) in [6, 6.07) is 13.4. The third kappa shape index (κ3) is 3.68. The number of nitriles is 1. The first-order valence-corrected chi connectivity index (χ1v) is 6.39. The van der Waals surface area contributed by atoms with Crippen LogP contribution in [-0.4, -0.2) is 6.61 Å². The smallest absolute Gasteiger partial charge is 0.387 e. The SMILES string of the molecule is N#Cc1cc(Br)ccc1Nc1ccc(OC(F)F)cc1. The lowest BCUT2D eigenvalue weighted by Crippen LogP contribution is -2.01. The Morgan fingerprint density at radius 1 is 1.15 bits per heavy atom. The summed E-state index contributed by atoms with van der Waals surface area (Å²) in [5, 5.41) is 12.1. The molecule has 0 fully saturated rings. The van der Waals surface area contributed by atoms with Crippen LogP contribution in [0.2, 0.25) is 0 Å². The third-order valence-electron chi connectivity index (χ3n) is 2.46. The number of rotatable bonds is 4. The molecule has 1 N–H and O–H groups in total. The van der Waals surface area contributed by atoms with Crippen LogP contribution in [-0.2, 0) is 0 Å². The van der Waals surface area contributed by atoms with Gasteiger partial charge in [-0.15, -0.1) is 0 Å². The molecule has 0 bridgehead atoms. The molecular weight excluding hydrogens is 330 g/mol. The number of halogens is 3. The van der Waals surface area contributed by atoms with Crippen molar-refractivity contribution in [3.8, 4) is 11.8 Å². The highest BCUT2D eigenvalue weighted by Gasteiger charge is 2.05. The molecule has 0 heterocycles. The number of nitrogens with one attached hydrogen (secondary N) is 1. The molecule has 0 aromatic heterocycles. The standard InChI is InChI=1S/C14H9BrF2N2O/c15-10-1-6-13(9(7-10)8-18)19-11-2-4-12(5-3-11)20-14(16)17/h1-7,14,19H. The number of benzene rings is 2. The van der Waals surface area contributed by atoms with Crippen molar-refractivity contribution >= 4 is 27.3 Å². The minimum atomic E-state index is -2.84. The fourth-order valence-corrected chi connectivity index (χ4v) is 1.95. The average molecular weight is 339 g/mol. The predicted octanol–water partition coefficient (Wildman–Crippen LogP) is 4.67. The summed E-state index contributed by atoms with van der Waals surface area (Å²) in [5.41, 5.74) is 1.79. The summed E-state index contributed by atoms with van der Waals surface area (Å²) in [6.07, 6.45) is 0. The van der Waals surface area contributed by atoms with Crippen LogP contribution in [0.3, 0.4) is 0 Å². The van der Waals surface area contributed by atoms with Gasteiger partial charge in [-0.05, 0) is 42.5 Å². The topological polar surface area (TPSA) is 45.0 Å². The van der Waals surface area contributed by atoms with E-state index in [1.54, 1.807) is 30.3 Å². The van der Waals surface area contributed by atoms with Crippen LogP contribution in [0.5, 0.6) is 5.75 Å². The zero-order valence-electron chi connectivity index (χ0n) is 10.1. The predicted molar refractivity (Wildman–Crippen MR) is 75.2 cm³/mol. The number of alkyl halides is 2. The molecule has 20 heavy (non-hydrogen) atoms. The number of hydrogen-bond donors (Lipinski definition) is 1.